The predicted molar refractivity (Wildman–Crippen MR) is 79.5 cm³/mol. The summed E-state index contributed by atoms with van der Waals surface area (Å²) in [6.45, 7) is 6.50. The Morgan fingerprint density at radius 1 is 1.53 bits per heavy atom. The molecule has 0 spiro atoms. The van der Waals surface area contributed by atoms with Gasteiger partial charge in [-0.3, -0.25) is 4.79 Å². The van der Waals surface area contributed by atoms with E-state index in [4.69, 9.17) is 22.7 Å². The highest BCUT2D eigenvalue weighted by atomic mass is 32.1. The molecule has 0 saturated carbocycles. The van der Waals surface area contributed by atoms with Crippen LogP contribution in [0, 0.1) is 13.8 Å². The first kappa shape index (κ1) is 15.4. The summed E-state index contributed by atoms with van der Waals surface area (Å²) >= 11 is 5.08. The van der Waals surface area contributed by atoms with Crippen LogP contribution in [0.4, 0.5) is 5.82 Å². The van der Waals surface area contributed by atoms with E-state index in [2.05, 4.69) is 4.98 Å². The van der Waals surface area contributed by atoms with E-state index >= 15 is 0 Å². The van der Waals surface area contributed by atoms with Gasteiger partial charge in [-0.25, -0.2) is 4.98 Å². The smallest absolute Gasteiger partial charge is 0.325 e. The van der Waals surface area contributed by atoms with Crippen molar-refractivity contribution < 1.29 is 9.53 Å². The lowest BCUT2D eigenvalue weighted by Gasteiger charge is -2.24. The quantitative estimate of drug-likeness (QED) is 0.649. The van der Waals surface area contributed by atoms with Crippen molar-refractivity contribution in [1.82, 2.24) is 4.98 Å². The van der Waals surface area contributed by atoms with Gasteiger partial charge in [-0.2, -0.15) is 0 Å². The number of ether oxygens (including phenoxy) is 1. The highest BCUT2D eigenvalue weighted by Gasteiger charge is 2.19. The molecule has 1 aromatic rings. The largest absolute Gasteiger partial charge is 0.468 e. The number of hydrogen-bond acceptors (Lipinski definition) is 5. The van der Waals surface area contributed by atoms with Gasteiger partial charge in [0.25, 0.3) is 0 Å². The van der Waals surface area contributed by atoms with E-state index in [1.165, 1.54) is 7.11 Å². The molecule has 0 aliphatic carbocycles. The molecular weight excluding hydrogens is 262 g/mol. The second-order valence-corrected chi connectivity index (χ2v) is 4.67. The summed E-state index contributed by atoms with van der Waals surface area (Å²) < 4.78 is 4.69. The first-order valence-corrected chi connectivity index (χ1v) is 6.41. The van der Waals surface area contributed by atoms with Crippen LogP contribution in [0.1, 0.15) is 23.7 Å². The molecule has 2 N–H and O–H groups in total. The summed E-state index contributed by atoms with van der Waals surface area (Å²) in [5, 5.41) is 0. The number of carbonyl (C=O) groups is 1. The van der Waals surface area contributed by atoms with Gasteiger partial charge in [0.1, 0.15) is 17.4 Å². The Morgan fingerprint density at radius 2 is 2.16 bits per heavy atom. The topological polar surface area (TPSA) is 68.5 Å². The average Bonchev–Trinajstić information content (AvgIpc) is 2.33. The molecule has 0 aromatic carbocycles. The lowest BCUT2D eigenvalue weighted by atomic mass is 10.1. The van der Waals surface area contributed by atoms with Crippen molar-refractivity contribution >= 4 is 29.0 Å². The summed E-state index contributed by atoms with van der Waals surface area (Å²) in [5.41, 5.74) is 8.30. The molecule has 6 heteroatoms. The molecule has 0 unspecified atom stereocenters. The van der Waals surface area contributed by atoms with E-state index in [0.29, 0.717) is 17.9 Å². The van der Waals surface area contributed by atoms with E-state index in [1.807, 2.05) is 26.8 Å². The van der Waals surface area contributed by atoms with Crippen LogP contribution in [-0.4, -0.2) is 36.1 Å². The number of aryl methyl sites for hydroxylation is 2. The fraction of sp³-hybridized carbons (Fsp3) is 0.462. The Hall–Kier alpha value is -1.69. The number of likely N-dealkylation sites (N-methyl/N-ethyl adjacent to an activating group) is 1. The molecule has 0 fully saturated rings. The third-order valence-corrected chi connectivity index (χ3v) is 3.01. The summed E-state index contributed by atoms with van der Waals surface area (Å²) in [5.74, 6) is 0.314. The Balaban J connectivity index is 3.29. The molecule has 1 rings (SSSR count). The molecular formula is C13H19N3O2S. The molecule has 19 heavy (non-hydrogen) atoms. The van der Waals surface area contributed by atoms with Gasteiger partial charge in [0.2, 0.25) is 0 Å². The minimum Gasteiger partial charge on any atom is -0.468 e. The van der Waals surface area contributed by atoms with Crippen molar-refractivity contribution in [3.05, 3.63) is 22.9 Å². The molecule has 104 valence electrons. The second kappa shape index (κ2) is 6.47. The van der Waals surface area contributed by atoms with Crippen molar-refractivity contribution in [3.8, 4) is 0 Å². The first-order chi connectivity index (χ1) is 8.90. The van der Waals surface area contributed by atoms with Crippen LogP contribution < -0.4 is 10.6 Å². The molecule has 0 saturated heterocycles. The fourth-order valence-corrected chi connectivity index (χ4v) is 2.16. The lowest BCUT2D eigenvalue weighted by Crippen LogP contribution is -2.33. The summed E-state index contributed by atoms with van der Waals surface area (Å²) in [7, 11) is 1.36. The average molecular weight is 281 g/mol. The molecule has 1 aromatic heterocycles. The monoisotopic (exact) mass is 281 g/mol. The van der Waals surface area contributed by atoms with E-state index < -0.39 is 0 Å². The van der Waals surface area contributed by atoms with Gasteiger partial charge in [-0.1, -0.05) is 12.2 Å². The van der Waals surface area contributed by atoms with Crippen molar-refractivity contribution in [2.45, 2.75) is 20.8 Å². The Bertz CT molecular complexity index is 503. The normalized spacial score (nSPS) is 10.1. The van der Waals surface area contributed by atoms with Crippen LogP contribution in [0.25, 0.3) is 0 Å². The summed E-state index contributed by atoms with van der Waals surface area (Å²) in [6, 6.07) is 1.92. The molecule has 0 radical (unpaired) electrons. The summed E-state index contributed by atoms with van der Waals surface area (Å²) in [4.78, 5) is 18.0. The number of methoxy groups -OCH3 is 1. The van der Waals surface area contributed by atoms with Crippen molar-refractivity contribution in [2.75, 3.05) is 25.1 Å². The summed E-state index contributed by atoms with van der Waals surface area (Å²) in [6.07, 6.45) is 0. The second-order valence-electron chi connectivity index (χ2n) is 4.23. The van der Waals surface area contributed by atoms with Crippen LogP contribution in [0.5, 0.6) is 0 Å². The number of hydrogen-bond donors (Lipinski definition) is 1. The number of anilines is 1. The number of thiocarbonyl (C=S) groups is 1. The number of rotatable bonds is 5. The molecule has 5 nitrogen and oxygen atoms in total. The van der Waals surface area contributed by atoms with Crippen LogP contribution >= 0.6 is 12.2 Å². The van der Waals surface area contributed by atoms with Gasteiger partial charge in [0.05, 0.1) is 12.7 Å². The maximum Gasteiger partial charge on any atom is 0.325 e. The standard InChI is InChI=1S/C13H19N3O2S/c1-5-16(7-10(17)18-4)13-11(12(14)19)8(2)6-9(3)15-13/h6H,5,7H2,1-4H3,(H2,14,19). The van der Waals surface area contributed by atoms with Gasteiger partial charge >= 0.3 is 5.97 Å². The van der Waals surface area contributed by atoms with E-state index in [9.17, 15) is 4.79 Å². The van der Waals surface area contributed by atoms with Crippen molar-refractivity contribution in [1.29, 1.82) is 0 Å². The van der Waals surface area contributed by atoms with Crippen molar-refractivity contribution in [2.24, 2.45) is 5.73 Å². The number of carbonyl (C=O) groups excluding carboxylic acids is 1. The van der Waals surface area contributed by atoms with Gasteiger partial charge in [0, 0.05) is 12.2 Å². The fourth-order valence-electron chi connectivity index (χ4n) is 1.91. The van der Waals surface area contributed by atoms with E-state index in [1.54, 1.807) is 4.90 Å². The predicted octanol–water partition coefficient (Wildman–Crippen LogP) is 1.33. The van der Waals surface area contributed by atoms with E-state index in [-0.39, 0.29) is 17.5 Å². The van der Waals surface area contributed by atoms with Gasteiger partial charge < -0.3 is 15.4 Å². The third-order valence-electron chi connectivity index (χ3n) is 2.80. The zero-order chi connectivity index (χ0) is 14.6. The first-order valence-electron chi connectivity index (χ1n) is 6.00. The van der Waals surface area contributed by atoms with Gasteiger partial charge in [-0.15, -0.1) is 0 Å². The Kier molecular flexibility index (Phi) is 5.23. The van der Waals surface area contributed by atoms with Crippen LogP contribution in [-0.2, 0) is 9.53 Å². The number of esters is 1. The molecule has 0 aliphatic rings. The Morgan fingerprint density at radius 3 is 2.63 bits per heavy atom. The number of nitrogens with zero attached hydrogens (tertiary/aromatic N) is 2. The number of aromatic nitrogens is 1. The van der Waals surface area contributed by atoms with Gasteiger partial charge in [0.15, 0.2) is 0 Å². The lowest BCUT2D eigenvalue weighted by molar-refractivity contribution is -0.138. The molecule has 0 bridgehead atoms. The highest BCUT2D eigenvalue weighted by molar-refractivity contribution is 7.80. The Labute approximate surface area is 118 Å². The highest BCUT2D eigenvalue weighted by Crippen LogP contribution is 2.22. The van der Waals surface area contributed by atoms with Crippen LogP contribution in [0.3, 0.4) is 0 Å². The zero-order valence-electron chi connectivity index (χ0n) is 11.7. The van der Waals surface area contributed by atoms with Crippen molar-refractivity contribution in [3.63, 3.8) is 0 Å². The molecule has 0 amide bonds. The SMILES string of the molecule is CCN(CC(=O)OC)c1nc(C)cc(C)c1C(N)=S. The maximum atomic E-state index is 11.4. The minimum absolute atomic E-state index is 0.124. The molecule has 1 heterocycles. The third kappa shape index (κ3) is 3.64. The zero-order valence-corrected chi connectivity index (χ0v) is 12.5. The van der Waals surface area contributed by atoms with Crippen LogP contribution in [0.2, 0.25) is 0 Å². The minimum atomic E-state index is -0.323. The van der Waals surface area contributed by atoms with Gasteiger partial charge in [-0.05, 0) is 32.4 Å². The number of pyridine rings is 1. The number of nitrogens with two attached hydrogens (primary N) is 1. The molecule has 0 aliphatic heterocycles. The van der Waals surface area contributed by atoms with E-state index in [0.717, 1.165) is 11.3 Å². The molecule has 0 atom stereocenters. The maximum absolute atomic E-state index is 11.4. The van der Waals surface area contributed by atoms with Crippen LogP contribution in [0.15, 0.2) is 6.07 Å².